The van der Waals surface area contributed by atoms with E-state index in [2.05, 4.69) is 12.0 Å². The van der Waals surface area contributed by atoms with Gasteiger partial charge >= 0.3 is 0 Å². The molecule has 0 aliphatic rings. The summed E-state index contributed by atoms with van der Waals surface area (Å²) in [5, 5.41) is 4.83. The standard InChI is InChI=1S/C12H22ClN3O/c1-5-6-16-11(9(13)7-15-16)10(14)8-17-12(2,3)4/h7,10H,5-6,8,14H2,1-4H3. The van der Waals surface area contributed by atoms with Gasteiger partial charge in [-0.15, -0.1) is 0 Å². The highest BCUT2D eigenvalue weighted by atomic mass is 35.5. The Kier molecular flexibility index (Phi) is 4.98. The van der Waals surface area contributed by atoms with Crippen molar-refractivity contribution in [1.82, 2.24) is 9.78 Å². The summed E-state index contributed by atoms with van der Waals surface area (Å²) in [7, 11) is 0. The van der Waals surface area contributed by atoms with Crippen molar-refractivity contribution in [3.05, 3.63) is 16.9 Å². The first-order valence-electron chi connectivity index (χ1n) is 5.96. The number of aryl methyl sites for hydroxylation is 1. The zero-order valence-electron chi connectivity index (χ0n) is 11.0. The third kappa shape index (κ3) is 4.30. The summed E-state index contributed by atoms with van der Waals surface area (Å²) in [4.78, 5) is 0. The van der Waals surface area contributed by atoms with Crippen LogP contribution in [0.15, 0.2) is 6.20 Å². The van der Waals surface area contributed by atoms with Crippen LogP contribution in [0.1, 0.15) is 45.9 Å². The minimum Gasteiger partial charge on any atom is -0.374 e. The van der Waals surface area contributed by atoms with Crippen molar-refractivity contribution < 1.29 is 4.74 Å². The Morgan fingerprint density at radius 3 is 2.71 bits per heavy atom. The van der Waals surface area contributed by atoms with E-state index in [9.17, 15) is 0 Å². The molecule has 4 nitrogen and oxygen atoms in total. The van der Waals surface area contributed by atoms with Gasteiger partial charge in [0.1, 0.15) is 0 Å². The molecule has 0 aliphatic carbocycles. The van der Waals surface area contributed by atoms with Crippen LogP contribution in [0.2, 0.25) is 5.02 Å². The van der Waals surface area contributed by atoms with E-state index in [0.29, 0.717) is 11.6 Å². The molecule has 0 bridgehead atoms. The molecular formula is C12H22ClN3O. The summed E-state index contributed by atoms with van der Waals surface area (Å²) in [6.07, 6.45) is 2.64. The Morgan fingerprint density at radius 2 is 2.18 bits per heavy atom. The molecule has 17 heavy (non-hydrogen) atoms. The average molecular weight is 260 g/mol. The monoisotopic (exact) mass is 259 g/mol. The maximum absolute atomic E-state index is 6.11. The largest absolute Gasteiger partial charge is 0.374 e. The van der Waals surface area contributed by atoms with Crippen molar-refractivity contribution in [2.75, 3.05) is 6.61 Å². The zero-order valence-corrected chi connectivity index (χ0v) is 11.8. The second kappa shape index (κ2) is 5.85. The molecule has 0 aromatic carbocycles. The van der Waals surface area contributed by atoms with Gasteiger partial charge in [-0.3, -0.25) is 4.68 Å². The lowest BCUT2D eigenvalue weighted by molar-refractivity contribution is -0.0111. The first-order chi connectivity index (χ1) is 7.85. The van der Waals surface area contributed by atoms with E-state index < -0.39 is 0 Å². The summed E-state index contributed by atoms with van der Waals surface area (Å²) >= 11 is 6.11. The molecule has 1 atom stereocenters. The number of halogens is 1. The number of hydrogen-bond acceptors (Lipinski definition) is 3. The number of nitrogens with zero attached hydrogens (tertiary/aromatic N) is 2. The topological polar surface area (TPSA) is 53.1 Å². The lowest BCUT2D eigenvalue weighted by Gasteiger charge is -2.23. The Labute approximate surface area is 108 Å². The van der Waals surface area contributed by atoms with Gasteiger partial charge in [0, 0.05) is 6.54 Å². The highest BCUT2D eigenvalue weighted by Crippen LogP contribution is 2.23. The second-order valence-electron chi connectivity index (χ2n) is 5.13. The van der Waals surface area contributed by atoms with Crippen LogP contribution in [0.5, 0.6) is 0 Å². The van der Waals surface area contributed by atoms with Crippen LogP contribution in [0, 0.1) is 0 Å². The van der Waals surface area contributed by atoms with Gasteiger partial charge in [-0.2, -0.15) is 5.10 Å². The van der Waals surface area contributed by atoms with Crippen LogP contribution in [0.4, 0.5) is 0 Å². The van der Waals surface area contributed by atoms with Gasteiger partial charge in [0.25, 0.3) is 0 Å². The van der Waals surface area contributed by atoms with E-state index in [4.69, 9.17) is 22.1 Å². The lowest BCUT2D eigenvalue weighted by atomic mass is 10.2. The zero-order chi connectivity index (χ0) is 13.1. The van der Waals surface area contributed by atoms with Crippen molar-refractivity contribution in [1.29, 1.82) is 0 Å². The molecule has 1 aromatic rings. The molecule has 98 valence electrons. The van der Waals surface area contributed by atoms with Crippen molar-refractivity contribution in [2.45, 2.75) is 52.3 Å². The first kappa shape index (κ1) is 14.5. The summed E-state index contributed by atoms with van der Waals surface area (Å²) < 4.78 is 7.54. The van der Waals surface area contributed by atoms with E-state index in [1.807, 2.05) is 25.5 Å². The Hall–Kier alpha value is -0.580. The van der Waals surface area contributed by atoms with Crippen LogP contribution in [0.25, 0.3) is 0 Å². The van der Waals surface area contributed by atoms with Crippen LogP contribution in [0.3, 0.4) is 0 Å². The molecule has 1 unspecified atom stereocenters. The molecule has 1 heterocycles. The van der Waals surface area contributed by atoms with Crippen LogP contribution >= 0.6 is 11.6 Å². The fourth-order valence-corrected chi connectivity index (χ4v) is 1.83. The van der Waals surface area contributed by atoms with Crippen molar-refractivity contribution >= 4 is 11.6 Å². The van der Waals surface area contributed by atoms with Gasteiger partial charge in [-0.1, -0.05) is 18.5 Å². The second-order valence-corrected chi connectivity index (χ2v) is 5.54. The minimum atomic E-state index is -0.240. The van der Waals surface area contributed by atoms with Crippen LogP contribution in [-0.2, 0) is 11.3 Å². The maximum Gasteiger partial charge on any atom is 0.0834 e. The normalized spacial score (nSPS) is 14.0. The SMILES string of the molecule is CCCn1ncc(Cl)c1C(N)COC(C)(C)C. The van der Waals surface area contributed by atoms with Crippen LogP contribution in [-0.4, -0.2) is 22.0 Å². The molecule has 0 spiro atoms. The average Bonchev–Trinajstić information content (AvgIpc) is 2.56. The van der Waals surface area contributed by atoms with Gasteiger partial charge in [-0.05, 0) is 27.2 Å². The molecule has 0 radical (unpaired) electrons. The molecule has 0 saturated carbocycles. The predicted octanol–water partition coefficient (Wildman–Crippen LogP) is 2.76. The summed E-state index contributed by atoms with van der Waals surface area (Å²) in [6, 6.07) is -0.240. The molecule has 5 heteroatoms. The van der Waals surface area contributed by atoms with Crippen molar-refractivity contribution in [3.8, 4) is 0 Å². The fourth-order valence-electron chi connectivity index (χ4n) is 1.55. The number of hydrogen-bond donors (Lipinski definition) is 1. The summed E-state index contributed by atoms with van der Waals surface area (Å²) in [5.41, 5.74) is 6.77. The third-order valence-electron chi connectivity index (χ3n) is 2.32. The number of aromatic nitrogens is 2. The van der Waals surface area contributed by atoms with Crippen molar-refractivity contribution in [2.24, 2.45) is 5.73 Å². The van der Waals surface area contributed by atoms with Gasteiger partial charge < -0.3 is 10.5 Å². The minimum absolute atomic E-state index is 0.195. The highest BCUT2D eigenvalue weighted by Gasteiger charge is 2.19. The van der Waals surface area contributed by atoms with E-state index in [-0.39, 0.29) is 11.6 Å². The van der Waals surface area contributed by atoms with Gasteiger partial charge in [-0.25, -0.2) is 0 Å². The molecule has 1 aromatic heterocycles. The quantitative estimate of drug-likeness (QED) is 0.885. The molecule has 0 amide bonds. The maximum atomic E-state index is 6.11. The number of nitrogens with two attached hydrogens (primary N) is 1. The molecule has 2 N–H and O–H groups in total. The van der Waals surface area contributed by atoms with E-state index in [1.54, 1.807) is 6.20 Å². The predicted molar refractivity (Wildman–Crippen MR) is 70.2 cm³/mol. The number of rotatable bonds is 5. The van der Waals surface area contributed by atoms with Gasteiger partial charge in [0.15, 0.2) is 0 Å². The van der Waals surface area contributed by atoms with Crippen molar-refractivity contribution in [3.63, 3.8) is 0 Å². The summed E-state index contributed by atoms with van der Waals surface area (Å²) in [6.45, 7) is 9.38. The molecule has 0 saturated heterocycles. The molecule has 0 fully saturated rings. The number of ether oxygens (including phenoxy) is 1. The van der Waals surface area contributed by atoms with Crippen LogP contribution < -0.4 is 5.73 Å². The Balaban J connectivity index is 2.73. The molecule has 0 aliphatic heterocycles. The molecular weight excluding hydrogens is 238 g/mol. The fraction of sp³-hybridized carbons (Fsp3) is 0.750. The smallest absolute Gasteiger partial charge is 0.0834 e. The molecule has 1 rings (SSSR count). The third-order valence-corrected chi connectivity index (χ3v) is 2.61. The Morgan fingerprint density at radius 1 is 1.53 bits per heavy atom. The van der Waals surface area contributed by atoms with Gasteiger partial charge in [0.05, 0.1) is 35.2 Å². The lowest BCUT2D eigenvalue weighted by Crippen LogP contribution is -2.28. The van der Waals surface area contributed by atoms with Gasteiger partial charge in [0.2, 0.25) is 0 Å². The van der Waals surface area contributed by atoms with E-state index >= 15 is 0 Å². The van der Waals surface area contributed by atoms with E-state index in [0.717, 1.165) is 18.7 Å². The Bertz CT molecular complexity index is 357. The summed E-state index contributed by atoms with van der Waals surface area (Å²) in [5.74, 6) is 0. The van der Waals surface area contributed by atoms with E-state index in [1.165, 1.54) is 0 Å². The highest BCUT2D eigenvalue weighted by molar-refractivity contribution is 6.31. The first-order valence-corrected chi connectivity index (χ1v) is 6.33.